The Kier molecular flexibility index (Phi) is 2.85. The van der Waals surface area contributed by atoms with Gasteiger partial charge in [-0.1, -0.05) is 18.9 Å². The molecule has 0 bridgehead atoms. The Morgan fingerprint density at radius 3 is 2.08 bits per heavy atom. The van der Waals surface area contributed by atoms with Gasteiger partial charge in [-0.3, -0.25) is 0 Å². The van der Waals surface area contributed by atoms with Crippen LogP contribution in [0.25, 0.3) is 0 Å². The molecular weight excluding hydrogens is 184 g/mol. The summed E-state index contributed by atoms with van der Waals surface area (Å²) in [5.41, 5.74) is 0. The molecule has 0 radical (unpaired) electrons. The van der Waals surface area contributed by atoms with Gasteiger partial charge in [0.1, 0.15) is 0 Å². The van der Waals surface area contributed by atoms with Crippen molar-refractivity contribution in [2.75, 3.05) is 0 Å². The molecule has 1 fully saturated rings. The lowest BCUT2D eigenvalue weighted by molar-refractivity contribution is 0.545. The van der Waals surface area contributed by atoms with Gasteiger partial charge >= 0.3 is 0 Å². The van der Waals surface area contributed by atoms with E-state index in [1.807, 2.05) is 0 Å². The van der Waals surface area contributed by atoms with Crippen molar-refractivity contribution >= 4 is 9.84 Å². The molecule has 0 saturated heterocycles. The predicted octanol–water partition coefficient (Wildman–Crippen LogP) is 2.31. The van der Waals surface area contributed by atoms with Crippen molar-refractivity contribution in [2.24, 2.45) is 0 Å². The Morgan fingerprint density at radius 1 is 1.31 bits per heavy atom. The van der Waals surface area contributed by atoms with Crippen LogP contribution in [0.3, 0.4) is 0 Å². The molecule has 0 unspecified atom stereocenters. The molecule has 3 heteroatoms. The Morgan fingerprint density at radius 2 is 1.77 bits per heavy atom. The minimum Gasteiger partial charge on any atom is -0.228 e. The standard InChI is InChI=1S/C10H18O2S/c1-4-10(7-5-6-8-10)13(11,12)9(2)3/h4,9H,1,5-8H2,2-3H3. The lowest BCUT2D eigenvalue weighted by Gasteiger charge is -2.27. The topological polar surface area (TPSA) is 34.1 Å². The summed E-state index contributed by atoms with van der Waals surface area (Å²) in [7, 11) is -3.01. The van der Waals surface area contributed by atoms with E-state index in [-0.39, 0.29) is 5.25 Å². The van der Waals surface area contributed by atoms with Crippen molar-refractivity contribution in [2.45, 2.75) is 49.5 Å². The van der Waals surface area contributed by atoms with Gasteiger partial charge in [-0.2, -0.15) is 0 Å². The molecule has 1 saturated carbocycles. The van der Waals surface area contributed by atoms with Gasteiger partial charge in [0.05, 0.1) is 10.00 Å². The smallest absolute Gasteiger partial charge is 0.161 e. The molecule has 1 aliphatic carbocycles. The first-order valence-corrected chi connectivity index (χ1v) is 6.38. The molecule has 76 valence electrons. The summed E-state index contributed by atoms with van der Waals surface area (Å²) < 4.78 is 23.4. The van der Waals surface area contributed by atoms with Gasteiger partial charge in [0.15, 0.2) is 9.84 Å². The van der Waals surface area contributed by atoms with Gasteiger partial charge in [0, 0.05) is 0 Å². The molecule has 0 spiro atoms. The maximum Gasteiger partial charge on any atom is 0.161 e. The van der Waals surface area contributed by atoms with Gasteiger partial charge in [0.2, 0.25) is 0 Å². The number of sulfone groups is 1. The van der Waals surface area contributed by atoms with Gasteiger partial charge in [-0.25, -0.2) is 8.42 Å². The normalized spacial score (nSPS) is 22.1. The van der Waals surface area contributed by atoms with Crippen LogP contribution in [0, 0.1) is 0 Å². The lowest BCUT2D eigenvalue weighted by atomic mass is 10.1. The Labute approximate surface area is 81.0 Å². The molecule has 0 aromatic heterocycles. The van der Waals surface area contributed by atoms with Crippen LogP contribution in [0.1, 0.15) is 39.5 Å². The van der Waals surface area contributed by atoms with Crippen molar-refractivity contribution in [1.82, 2.24) is 0 Å². The van der Waals surface area contributed by atoms with E-state index >= 15 is 0 Å². The van der Waals surface area contributed by atoms with Crippen molar-refractivity contribution < 1.29 is 8.42 Å². The SMILES string of the molecule is C=CC1(S(=O)(=O)C(C)C)CCCC1. The highest BCUT2D eigenvalue weighted by atomic mass is 32.2. The summed E-state index contributed by atoms with van der Waals surface area (Å²) in [5, 5.41) is -0.288. The van der Waals surface area contributed by atoms with Crippen molar-refractivity contribution in [3.05, 3.63) is 12.7 Å². The van der Waals surface area contributed by atoms with Gasteiger partial charge in [-0.15, -0.1) is 6.58 Å². The van der Waals surface area contributed by atoms with Crippen molar-refractivity contribution in [3.8, 4) is 0 Å². The molecule has 13 heavy (non-hydrogen) atoms. The first-order valence-electron chi connectivity index (χ1n) is 4.83. The van der Waals surface area contributed by atoms with Crippen LogP contribution in [0.15, 0.2) is 12.7 Å². The van der Waals surface area contributed by atoms with E-state index in [0.717, 1.165) is 25.7 Å². The summed E-state index contributed by atoms with van der Waals surface area (Å²) in [6.07, 6.45) is 5.19. The molecule has 1 aliphatic rings. The third-order valence-electron chi connectivity index (χ3n) is 3.01. The molecule has 0 heterocycles. The second-order valence-corrected chi connectivity index (χ2v) is 6.92. The summed E-state index contributed by atoms with van der Waals surface area (Å²) >= 11 is 0. The van der Waals surface area contributed by atoms with Crippen LogP contribution >= 0.6 is 0 Å². The average Bonchev–Trinajstić information content (AvgIpc) is 2.53. The van der Waals surface area contributed by atoms with Crippen LogP contribution in [-0.2, 0) is 9.84 Å². The minimum absolute atomic E-state index is 0.288. The van der Waals surface area contributed by atoms with Crippen LogP contribution in [0.5, 0.6) is 0 Å². The fourth-order valence-electron chi connectivity index (χ4n) is 2.05. The van der Waals surface area contributed by atoms with E-state index in [4.69, 9.17) is 0 Å². The second kappa shape index (κ2) is 3.45. The van der Waals surface area contributed by atoms with E-state index in [0.29, 0.717) is 0 Å². The maximum atomic E-state index is 12.0. The summed E-state index contributed by atoms with van der Waals surface area (Å²) in [5.74, 6) is 0. The van der Waals surface area contributed by atoms with Gasteiger partial charge < -0.3 is 0 Å². The van der Waals surface area contributed by atoms with Crippen LogP contribution < -0.4 is 0 Å². The first-order chi connectivity index (χ1) is 5.96. The summed E-state index contributed by atoms with van der Waals surface area (Å²) in [4.78, 5) is 0. The van der Waals surface area contributed by atoms with E-state index in [1.54, 1.807) is 19.9 Å². The third-order valence-corrected chi connectivity index (χ3v) is 5.96. The molecule has 0 aromatic rings. The highest BCUT2D eigenvalue weighted by Crippen LogP contribution is 2.39. The van der Waals surface area contributed by atoms with Crippen molar-refractivity contribution in [3.63, 3.8) is 0 Å². The number of hydrogen-bond donors (Lipinski definition) is 0. The zero-order chi connectivity index (χ0) is 10.1. The van der Waals surface area contributed by atoms with Gasteiger partial charge in [0.25, 0.3) is 0 Å². The highest BCUT2D eigenvalue weighted by Gasteiger charge is 2.44. The molecule has 1 rings (SSSR count). The van der Waals surface area contributed by atoms with Crippen LogP contribution in [0.4, 0.5) is 0 Å². The summed E-state index contributed by atoms with van der Waals surface area (Å²) in [6, 6.07) is 0. The Balaban J connectivity index is 3.08. The number of rotatable bonds is 3. The molecular formula is C10H18O2S. The highest BCUT2D eigenvalue weighted by molar-refractivity contribution is 7.93. The molecule has 0 N–H and O–H groups in total. The quantitative estimate of drug-likeness (QED) is 0.658. The summed E-state index contributed by atoms with van der Waals surface area (Å²) in [6.45, 7) is 7.18. The zero-order valence-electron chi connectivity index (χ0n) is 8.41. The molecule has 2 nitrogen and oxygen atoms in total. The predicted molar refractivity (Wildman–Crippen MR) is 55.5 cm³/mol. The zero-order valence-corrected chi connectivity index (χ0v) is 9.23. The fraction of sp³-hybridized carbons (Fsp3) is 0.800. The van der Waals surface area contributed by atoms with E-state index in [1.165, 1.54) is 0 Å². The van der Waals surface area contributed by atoms with E-state index in [9.17, 15) is 8.42 Å². The maximum absolute atomic E-state index is 12.0. The third kappa shape index (κ3) is 1.54. The van der Waals surface area contributed by atoms with E-state index in [2.05, 4.69) is 6.58 Å². The molecule has 0 atom stereocenters. The molecule has 0 aliphatic heterocycles. The molecule has 0 amide bonds. The van der Waals surface area contributed by atoms with Gasteiger partial charge in [-0.05, 0) is 26.7 Å². The first kappa shape index (κ1) is 10.8. The lowest BCUT2D eigenvalue weighted by Crippen LogP contribution is -2.38. The fourth-order valence-corrected chi connectivity index (χ4v) is 4.08. The Bertz CT molecular complexity index is 282. The largest absolute Gasteiger partial charge is 0.228 e. The van der Waals surface area contributed by atoms with Crippen molar-refractivity contribution in [1.29, 1.82) is 0 Å². The Hall–Kier alpha value is -0.310. The average molecular weight is 202 g/mol. The monoisotopic (exact) mass is 202 g/mol. The minimum atomic E-state index is -3.01. The van der Waals surface area contributed by atoms with E-state index < -0.39 is 14.6 Å². The van der Waals surface area contributed by atoms with Crippen LogP contribution in [0.2, 0.25) is 0 Å². The molecule has 0 aromatic carbocycles. The second-order valence-electron chi connectivity index (χ2n) is 4.07. The number of hydrogen-bond acceptors (Lipinski definition) is 2. The van der Waals surface area contributed by atoms with Crippen LogP contribution in [-0.4, -0.2) is 18.4 Å².